The predicted octanol–water partition coefficient (Wildman–Crippen LogP) is 1.59. The zero-order valence-electron chi connectivity index (χ0n) is 10.6. The van der Waals surface area contributed by atoms with Crippen LogP contribution in [0.1, 0.15) is 27.9 Å². The summed E-state index contributed by atoms with van der Waals surface area (Å²) in [7, 11) is 0. The lowest BCUT2D eigenvalue weighted by molar-refractivity contribution is 0.0727. The summed E-state index contributed by atoms with van der Waals surface area (Å²) in [5.74, 6) is -0.0212. The molecule has 0 bridgehead atoms. The molecule has 1 aromatic rings. The minimum absolute atomic E-state index is 0.0212. The van der Waals surface area contributed by atoms with Gasteiger partial charge in [-0.2, -0.15) is 0 Å². The second kappa shape index (κ2) is 3.92. The van der Waals surface area contributed by atoms with Gasteiger partial charge in [0.2, 0.25) is 0 Å². The summed E-state index contributed by atoms with van der Waals surface area (Å²) >= 11 is 0. The van der Waals surface area contributed by atoms with Gasteiger partial charge in [-0.25, -0.2) is 0 Å². The molecular formula is C14H16N2O2. The number of aliphatic hydroxyl groups is 1. The number of fused-ring (bicyclic) bond motifs is 2. The van der Waals surface area contributed by atoms with Gasteiger partial charge in [0.05, 0.1) is 23.4 Å². The van der Waals surface area contributed by atoms with Crippen LogP contribution in [-0.2, 0) is 0 Å². The number of aryl methyl sites for hydroxylation is 2. The van der Waals surface area contributed by atoms with Crippen molar-refractivity contribution in [2.24, 2.45) is 4.99 Å². The van der Waals surface area contributed by atoms with Crippen molar-refractivity contribution in [3.63, 3.8) is 0 Å². The van der Waals surface area contributed by atoms with E-state index in [1.54, 1.807) is 11.1 Å². The van der Waals surface area contributed by atoms with Crippen LogP contribution in [0.25, 0.3) is 0 Å². The number of aliphatic imine (C=N–C) groups is 1. The minimum Gasteiger partial charge on any atom is -0.391 e. The molecule has 0 saturated carbocycles. The lowest BCUT2D eigenvalue weighted by Gasteiger charge is -2.21. The molecule has 1 amide bonds. The average Bonchev–Trinajstić information content (AvgIpc) is 2.64. The summed E-state index contributed by atoms with van der Waals surface area (Å²) in [5, 5.41) is 9.87. The van der Waals surface area contributed by atoms with Gasteiger partial charge in [-0.05, 0) is 43.5 Å². The predicted molar refractivity (Wildman–Crippen MR) is 69.5 cm³/mol. The first kappa shape index (κ1) is 11.4. The van der Waals surface area contributed by atoms with Gasteiger partial charge in [0.15, 0.2) is 0 Å². The molecule has 4 nitrogen and oxygen atoms in total. The molecule has 2 heterocycles. The molecule has 0 spiro atoms. The molecule has 94 valence electrons. The second-order valence-corrected chi connectivity index (χ2v) is 5.08. The summed E-state index contributed by atoms with van der Waals surface area (Å²) in [6.07, 6.45) is 1.84. The summed E-state index contributed by atoms with van der Waals surface area (Å²) in [5.41, 5.74) is 3.58. The van der Waals surface area contributed by atoms with Crippen LogP contribution in [0.4, 0.5) is 5.69 Å². The molecule has 0 unspecified atom stereocenters. The molecule has 18 heavy (non-hydrogen) atoms. The van der Waals surface area contributed by atoms with Crippen LogP contribution in [0.2, 0.25) is 0 Å². The zero-order valence-corrected chi connectivity index (χ0v) is 10.6. The van der Waals surface area contributed by atoms with Crippen molar-refractivity contribution >= 4 is 17.8 Å². The smallest absolute Gasteiger partial charge is 0.256 e. The van der Waals surface area contributed by atoms with Crippen molar-refractivity contribution < 1.29 is 9.90 Å². The highest BCUT2D eigenvalue weighted by Crippen LogP contribution is 2.30. The number of carbonyl (C=O) groups is 1. The summed E-state index contributed by atoms with van der Waals surface area (Å²) in [6, 6.07) is 3.57. The number of aliphatic hydroxyl groups excluding tert-OH is 1. The van der Waals surface area contributed by atoms with Crippen LogP contribution in [-0.4, -0.2) is 40.8 Å². The van der Waals surface area contributed by atoms with E-state index in [2.05, 4.69) is 4.99 Å². The van der Waals surface area contributed by atoms with E-state index >= 15 is 0 Å². The molecule has 1 fully saturated rings. The zero-order chi connectivity index (χ0) is 12.9. The maximum atomic E-state index is 12.5. The third kappa shape index (κ3) is 1.56. The number of hydrogen-bond donors (Lipinski definition) is 1. The monoisotopic (exact) mass is 244 g/mol. The maximum absolute atomic E-state index is 12.5. The SMILES string of the molecule is Cc1cc2c(cc1C)C(=O)N1CC[C@H](O)[C@H]1C=N2. The molecule has 4 heteroatoms. The lowest BCUT2D eigenvalue weighted by Crippen LogP contribution is -2.39. The molecule has 2 aliphatic heterocycles. The van der Waals surface area contributed by atoms with Crippen molar-refractivity contribution in [1.82, 2.24) is 4.90 Å². The number of nitrogens with zero attached hydrogens (tertiary/aromatic N) is 2. The summed E-state index contributed by atoms with van der Waals surface area (Å²) in [4.78, 5) is 18.6. The van der Waals surface area contributed by atoms with Gasteiger partial charge in [0.1, 0.15) is 0 Å². The van der Waals surface area contributed by atoms with Gasteiger partial charge in [0, 0.05) is 12.8 Å². The van der Waals surface area contributed by atoms with Crippen LogP contribution < -0.4 is 0 Å². The maximum Gasteiger partial charge on any atom is 0.256 e. The normalized spacial score (nSPS) is 25.9. The van der Waals surface area contributed by atoms with Crippen molar-refractivity contribution in [2.45, 2.75) is 32.4 Å². The van der Waals surface area contributed by atoms with Gasteiger partial charge >= 0.3 is 0 Å². The quantitative estimate of drug-likeness (QED) is 0.753. The second-order valence-electron chi connectivity index (χ2n) is 5.08. The minimum atomic E-state index is -0.491. The fourth-order valence-corrected chi connectivity index (χ4v) is 2.61. The fraction of sp³-hybridized carbons (Fsp3) is 0.429. The van der Waals surface area contributed by atoms with Crippen LogP contribution in [0.15, 0.2) is 17.1 Å². The molecule has 0 aliphatic carbocycles. The Kier molecular flexibility index (Phi) is 2.48. The first-order chi connectivity index (χ1) is 8.58. The molecule has 2 atom stereocenters. The Morgan fingerprint density at radius 1 is 1.33 bits per heavy atom. The van der Waals surface area contributed by atoms with E-state index in [4.69, 9.17) is 0 Å². The van der Waals surface area contributed by atoms with Gasteiger partial charge in [0.25, 0.3) is 5.91 Å². The van der Waals surface area contributed by atoms with E-state index in [9.17, 15) is 9.90 Å². The number of amides is 1. The molecule has 2 aliphatic rings. The first-order valence-corrected chi connectivity index (χ1v) is 6.22. The highest BCUT2D eigenvalue weighted by Gasteiger charge is 2.37. The molecule has 1 saturated heterocycles. The van der Waals surface area contributed by atoms with Crippen LogP contribution in [0.5, 0.6) is 0 Å². The molecule has 3 rings (SSSR count). The fourth-order valence-electron chi connectivity index (χ4n) is 2.61. The molecule has 1 N–H and O–H groups in total. The van der Waals surface area contributed by atoms with E-state index in [0.29, 0.717) is 24.2 Å². The van der Waals surface area contributed by atoms with Crippen molar-refractivity contribution in [1.29, 1.82) is 0 Å². The van der Waals surface area contributed by atoms with Crippen LogP contribution in [0.3, 0.4) is 0 Å². The average molecular weight is 244 g/mol. The largest absolute Gasteiger partial charge is 0.391 e. The lowest BCUT2D eigenvalue weighted by atomic mass is 10.0. The Morgan fingerprint density at radius 2 is 2.06 bits per heavy atom. The van der Waals surface area contributed by atoms with Gasteiger partial charge < -0.3 is 10.0 Å². The standard InChI is InChI=1S/C14H16N2O2/c1-8-5-10-11(6-9(8)2)15-7-12-13(17)3-4-16(12)14(10)18/h5-7,12-13,17H,3-4H2,1-2H3/t12-,13+/m1/s1. The number of benzene rings is 1. The summed E-state index contributed by atoms with van der Waals surface area (Å²) < 4.78 is 0. The van der Waals surface area contributed by atoms with E-state index in [0.717, 1.165) is 11.1 Å². The first-order valence-electron chi connectivity index (χ1n) is 6.22. The Bertz CT molecular complexity index is 551. The number of carbonyl (C=O) groups excluding carboxylic acids is 1. The highest BCUT2D eigenvalue weighted by molar-refractivity contribution is 6.03. The van der Waals surface area contributed by atoms with E-state index < -0.39 is 6.10 Å². The topological polar surface area (TPSA) is 52.9 Å². The Morgan fingerprint density at radius 3 is 2.83 bits per heavy atom. The van der Waals surface area contributed by atoms with E-state index in [1.165, 1.54) is 0 Å². The molecule has 0 radical (unpaired) electrons. The van der Waals surface area contributed by atoms with Crippen LogP contribution in [0, 0.1) is 13.8 Å². The molecule has 0 aromatic heterocycles. The van der Waals surface area contributed by atoms with E-state index in [1.807, 2.05) is 26.0 Å². The van der Waals surface area contributed by atoms with Crippen molar-refractivity contribution in [3.05, 3.63) is 28.8 Å². The van der Waals surface area contributed by atoms with Gasteiger partial charge in [-0.15, -0.1) is 0 Å². The van der Waals surface area contributed by atoms with Crippen LogP contribution >= 0.6 is 0 Å². The molecule has 1 aromatic carbocycles. The van der Waals surface area contributed by atoms with Crippen molar-refractivity contribution in [3.8, 4) is 0 Å². The Labute approximate surface area is 106 Å². The van der Waals surface area contributed by atoms with Gasteiger partial charge in [-0.1, -0.05) is 0 Å². The van der Waals surface area contributed by atoms with Gasteiger partial charge in [-0.3, -0.25) is 9.79 Å². The highest BCUT2D eigenvalue weighted by atomic mass is 16.3. The number of hydrogen-bond acceptors (Lipinski definition) is 3. The Balaban J connectivity index is 2.13. The molecular weight excluding hydrogens is 228 g/mol. The Hall–Kier alpha value is -1.68. The number of rotatable bonds is 0. The van der Waals surface area contributed by atoms with E-state index in [-0.39, 0.29) is 11.9 Å². The third-order valence-corrected chi connectivity index (χ3v) is 3.89. The van der Waals surface area contributed by atoms with Crippen molar-refractivity contribution in [2.75, 3.05) is 6.54 Å². The third-order valence-electron chi connectivity index (χ3n) is 3.89. The summed E-state index contributed by atoms with van der Waals surface area (Å²) in [6.45, 7) is 4.60.